The Morgan fingerprint density at radius 2 is 1.90 bits per heavy atom. The highest BCUT2D eigenvalue weighted by atomic mass is 28.4. The van der Waals surface area contributed by atoms with E-state index in [1.807, 2.05) is 0 Å². The van der Waals surface area contributed by atoms with E-state index in [4.69, 9.17) is 9.16 Å². The molecule has 0 saturated heterocycles. The summed E-state index contributed by atoms with van der Waals surface area (Å²) in [6.45, 7) is 12.0. The van der Waals surface area contributed by atoms with Gasteiger partial charge in [-0.15, -0.1) is 0 Å². The van der Waals surface area contributed by atoms with Gasteiger partial charge in [-0.1, -0.05) is 20.8 Å². The maximum atomic E-state index is 11.4. The molecule has 1 aromatic heterocycles. The van der Waals surface area contributed by atoms with Crippen molar-refractivity contribution in [2.75, 3.05) is 20.3 Å². The van der Waals surface area contributed by atoms with Crippen LogP contribution in [0, 0.1) is 0 Å². The Hall–Kier alpha value is -1.40. The SMILES string of the molecule is COC(=O)c1cncc(OCCO[Si](C)(C)C(C)(C)C)c1. The molecule has 0 aliphatic carbocycles. The minimum absolute atomic E-state index is 0.180. The predicted molar refractivity (Wildman–Crippen MR) is 84.2 cm³/mol. The summed E-state index contributed by atoms with van der Waals surface area (Å²) in [7, 11) is -0.411. The maximum Gasteiger partial charge on any atom is 0.339 e. The number of rotatable bonds is 6. The number of carbonyl (C=O) groups excluding carboxylic acids is 1. The van der Waals surface area contributed by atoms with E-state index in [0.717, 1.165) is 0 Å². The second-order valence-electron chi connectivity index (χ2n) is 6.36. The van der Waals surface area contributed by atoms with Gasteiger partial charge in [-0.05, 0) is 24.2 Å². The average Bonchev–Trinajstić information content (AvgIpc) is 2.42. The Morgan fingerprint density at radius 3 is 2.48 bits per heavy atom. The molecule has 0 bridgehead atoms. The maximum absolute atomic E-state index is 11.4. The van der Waals surface area contributed by atoms with Gasteiger partial charge in [0.25, 0.3) is 0 Å². The van der Waals surface area contributed by atoms with E-state index in [1.54, 1.807) is 12.3 Å². The van der Waals surface area contributed by atoms with Crippen molar-refractivity contribution in [3.8, 4) is 5.75 Å². The van der Waals surface area contributed by atoms with Crippen LogP contribution >= 0.6 is 0 Å². The van der Waals surface area contributed by atoms with E-state index in [1.165, 1.54) is 13.3 Å². The van der Waals surface area contributed by atoms with E-state index in [0.29, 0.717) is 24.5 Å². The van der Waals surface area contributed by atoms with Crippen LogP contribution in [0.2, 0.25) is 18.1 Å². The summed E-state index contributed by atoms with van der Waals surface area (Å²) in [6.07, 6.45) is 3.02. The average molecular weight is 311 g/mol. The number of hydrogen-bond acceptors (Lipinski definition) is 5. The number of hydrogen-bond donors (Lipinski definition) is 0. The van der Waals surface area contributed by atoms with Gasteiger partial charge in [0, 0.05) is 6.20 Å². The summed E-state index contributed by atoms with van der Waals surface area (Å²) < 4.78 is 16.2. The van der Waals surface area contributed by atoms with Gasteiger partial charge in [0.1, 0.15) is 12.4 Å². The lowest BCUT2D eigenvalue weighted by atomic mass is 10.2. The molecular weight excluding hydrogens is 286 g/mol. The summed E-state index contributed by atoms with van der Waals surface area (Å²) in [5.41, 5.74) is 0.375. The number of ether oxygens (including phenoxy) is 2. The molecule has 118 valence electrons. The van der Waals surface area contributed by atoms with Gasteiger partial charge in [0.2, 0.25) is 0 Å². The molecule has 0 unspecified atom stereocenters. The number of esters is 1. The molecular formula is C15H25NO4Si. The zero-order valence-corrected chi connectivity index (χ0v) is 14.7. The van der Waals surface area contributed by atoms with Gasteiger partial charge in [0.15, 0.2) is 8.32 Å². The zero-order chi connectivity index (χ0) is 16.1. The highest BCUT2D eigenvalue weighted by Gasteiger charge is 2.36. The molecule has 1 heterocycles. The summed E-state index contributed by atoms with van der Waals surface area (Å²) in [5.74, 6) is 0.113. The quantitative estimate of drug-likeness (QED) is 0.458. The van der Waals surface area contributed by atoms with Crippen molar-refractivity contribution in [1.29, 1.82) is 0 Å². The fourth-order valence-corrected chi connectivity index (χ4v) is 2.43. The first-order valence-electron chi connectivity index (χ1n) is 6.97. The molecule has 0 atom stereocenters. The van der Waals surface area contributed by atoms with E-state index >= 15 is 0 Å². The highest BCUT2D eigenvalue weighted by molar-refractivity contribution is 6.74. The molecule has 0 spiro atoms. The van der Waals surface area contributed by atoms with E-state index in [9.17, 15) is 4.79 Å². The van der Waals surface area contributed by atoms with Crippen molar-refractivity contribution in [3.63, 3.8) is 0 Å². The van der Waals surface area contributed by atoms with Crippen molar-refractivity contribution in [1.82, 2.24) is 4.98 Å². The largest absolute Gasteiger partial charge is 0.490 e. The third kappa shape index (κ3) is 5.13. The lowest BCUT2D eigenvalue weighted by Crippen LogP contribution is -2.41. The first-order chi connectivity index (χ1) is 9.67. The molecule has 6 heteroatoms. The minimum Gasteiger partial charge on any atom is -0.490 e. The number of carbonyl (C=O) groups is 1. The second kappa shape index (κ2) is 7.04. The third-order valence-electron chi connectivity index (χ3n) is 3.76. The van der Waals surface area contributed by atoms with Crippen LogP contribution in [0.5, 0.6) is 5.75 Å². The molecule has 0 aliphatic heterocycles. The molecule has 1 aromatic rings. The van der Waals surface area contributed by atoms with E-state index < -0.39 is 14.3 Å². The molecule has 21 heavy (non-hydrogen) atoms. The monoisotopic (exact) mass is 311 g/mol. The van der Waals surface area contributed by atoms with Crippen molar-refractivity contribution >= 4 is 14.3 Å². The van der Waals surface area contributed by atoms with Crippen molar-refractivity contribution in [2.45, 2.75) is 38.9 Å². The first kappa shape index (κ1) is 17.6. The van der Waals surface area contributed by atoms with Crippen molar-refractivity contribution in [2.24, 2.45) is 0 Å². The molecule has 0 radical (unpaired) electrons. The first-order valence-corrected chi connectivity index (χ1v) is 9.88. The normalized spacial score (nSPS) is 12.1. The minimum atomic E-state index is -1.75. The second-order valence-corrected chi connectivity index (χ2v) is 11.2. The molecule has 5 nitrogen and oxygen atoms in total. The number of pyridine rings is 1. The molecule has 1 rings (SSSR count). The van der Waals surface area contributed by atoms with Crippen LogP contribution in [0.4, 0.5) is 0 Å². The Balaban J connectivity index is 2.48. The fraction of sp³-hybridized carbons (Fsp3) is 0.600. The fourth-order valence-electron chi connectivity index (χ4n) is 1.40. The Morgan fingerprint density at radius 1 is 1.24 bits per heavy atom. The molecule has 0 fully saturated rings. The number of aromatic nitrogens is 1. The van der Waals surface area contributed by atoms with Gasteiger partial charge in [-0.25, -0.2) is 4.79 Å². The van der Waals surface area contributed by atoms with Gasteiger partial charge in [0.05, 0.1) is 25.5 Å². The van der Waals surface area contributed by atoms with Crippen LogP contribution < -0.4 is 4.74 Å². The Bertz CT molecular complexity index is 483. The molecule has 0 aliphatic rings. The highest BCUT2D eigenvalue weighted by Crippen LogP contribution is 2.36. The molecule has 0 aromatic carbocycles. The molecule has 0 N–H and O–H groups in total. The van der Waals surface area contributed by atoms with Crippen molar-refractivity contribution in [3.05, 3.63) is 24.0 Å². The number of nitrogens with zero attached hydrogens (tertiary/aromatic N) is 1. The van der Waals surface area contributed by atoms with E-state index in [-0.39, 0.29) is 5.04 Å². The lowest BCUT2D eigenvalue weighted by Gasteiger charge is -2.36. The topological polar surface area (TPSA) is 57.7 Å². The smallest absolute Gasteiger partial charge is 0.339 e. The molecule has 0 saturated carbocycles. The molecule has 0 amide bonds. The standard InChI is InChI=1S/C15H25NO4Si/c1-15(2,3)21(5,6)20-8-7-19-13-9-12(10-16-11-13)14(17)18-4/h9-11H,7-8H2,1-6H3. The van der Waals surface area contributed by atoms with Crippen LogP contribution in [0.1, 0.15) is 31.1 Å². The lowest BCUT2D eigenvalue weighted by molar-refractivity contribution is 0.0599. The van der Waals surface area contributed by atoms with Crippen LogP contribution in [-0.2, 0) is 9.16 Å². The van der Waals surface area contributed by atoms with Crippen LogP contribution in [-0.4, -0.2) is 39.6 Å². The Labute approximate surface area is 127 Å². The summed E-state index contributed by atoms with van der Waals surface area (Å²) in [4.78, 5) is 15.4. The van der Waals surface area contributed by atoms with Gasteiger partial charge in [-0.3, -0.25) is 4.98 Å². The summed E-state index contributed by atoms with van der Waals surface area (Å²) >= 11 is 0. The van der Waals surface area contributed by atoms with Gasteiger partial charge >= 0.3 is 5.97 Å². The third-order valence-corrected chi connectivity index (χ3v) is 8.29. The van der Waals surface area contributed by atoms with Crippen molar-refractivity contribution < 1.29 is 18.7 Å². The van der Waals surface area contributed by atoms with Gasteiger partial charge in [-0.2, -0.15) is 0 Å². The van der Waals surface area contributed by atoms with Crippen LogP contribution in [0.25, 0.3) is 0 Å². The summed E-state index contributed by atoms with van der Waals surface area (Å²) in [5, 5.41) is 0.180. The van der Waals surface area contributed by atoms with Crippen LogP contribution in [0.3, 0.4) is 0 Å². The van der Waals surface area contributed by atoms with E-state index in [2.05, 4.69) is 43.6 Å². The van der Waals surface area contributed by atoms with Crippen LogP contribution in [0.15, 0.2) is 18.5 Å². The zero-order valence-electron chi connectivity index (χ0n) is 13.7. The predicted octanol–water partition coefficient (Wildman–Crippen LogP) is 3.27. The number of methoxy groups -OCH3 is 1. The van der Waals surface area contributed by atoms with Gasteiger partial charge < -0.3 is 13.9 Å². The Kier molecular flexibility index (Phi) is 5.92. The summed E-state index contributed by atoms with van der Waals surface area (Å²) in [6, 6.07) is 1.62.